The topological polar surface area (TPSA) is 70.1 Å². The molecular weight excluding hydrogens is 238 g/mol. The molecule has 0 bridgehead atoms. The summed E-state index contributed by atoms with van der Waals surface area (Å²) in [4.78, 5) is 10.9. The number of thiophene rings is 1. The average Bonchev–Trinajstić information content (AvgIpc) is 2.83. The van der Waals surface area contributed by atoms with Crippen molar-refractivity contribution in [3.05, 3.63) is 22.7 Å². The summed E-state index contributed by atoms with van der Waals surface area (Å²) in [6.07, 6.45) is 3.02. The number of hydrogen-bond acceptors (Lipinski definition) is 4. The second kappa shape index (κ2) is 3.59. The molecule has 3 rings (SSSR count). The lowest BCUT2D eigenvalue weighted by molar-refractivity contribution is 0.212. The van der Waals surface area contributed by atoms with E-state index in [1.807, 2.05) is 23.3 Å². The molecule has 2 N–H and O–H groups in total. The molecule has 2 aromatic rings. The van der Waals surface area contributed by atoms with Crippen molar-refractivity contribution >= 4 is 17.4 Å². The highest BCUT2D eigenvalue weighted by Crippen LogP contribution is 2.44. The van der Waals surface area contributed by atoms with E-state index in [9.17, 15) is 4.79 Å². The van der Waals surface area contributed by atoms with Gasteiger partial charge in [-0.05, 0) is 29.3 Å². The average molecular weight is 249 g/mol. The van der Waals surface area contributed by atoms with Crippen molar-refractivity contribution in [3.63, 3.8) is 0 Å². The SMILES string of the molecule is Cn1ncc2c1-c1c(csc1OC(N)=O)CC2. The Morgan fingerprint density at radius 3 is 3.06 bits per heavy atom. The lowest BCUT2D eigenvalue weighted by atomic mass is 9.93. The molecule has 0 aromatic carbocycles. The van der Waals surface area contributed by atoms with Crippen LogP contribution in [0.15, 0.2) is 11.6 Å². The first kappa shape index (κ1) is 10.3. The number of amides is 1. The van der Waals surface area contributed by atoms with Crippen LogP contribution in [0.25, 0.3) is 11.3 Å². The Morgan fingerprint density at radius 1 is 1.53 bits per heavy atom. The zero-order valence-electron chi connectivity index (χ0n) is 9.27. The van der Waals surface area contributed by atoms with Gasteiger partial charge >= 0.3 is 6.09 Å². The molecule has 1 amide bonds. The van der Waals surface area contributed by atoms with Crippen molar-refractivity contribution in [2.75, 3.05) is 0 Å². The largest absolute Gasteiger partial charge is 0.410 e. The summed E-state index contributed by atoms with van der Waals surface area (Å²) in [5.74, 6) is 0. The molecule has 6 heteroatoms. The smallest absolute Gasteiger partial charge is 0.399 e. The van der Waals surface area contributed by atoms with Crippen LogP contribution in [0.4, 0.5) is 4.79 Å². The highest BCUT2D eigenvalue weighted by atomic mass is 32.1. The number of primary amides is 1. The minimum absolute atomic E-state index is 0.567. The molecular formula is C11H11N3O2S. The van der Waals surface area contributed by atoms with Crippen molar-refractivity contribution in [1.29, 1.82) is 0 Å². The van der Waals surface area contributed by atoms with Crippen LogP contribution in [0, 0.1) is 0 Å². The molecule has 17 heavy (non-hydrogen) atoms. The van der Waals surface area contributed by atoms with E-state index in [1.54, 1.807) is 0 Å². The van der Waals surface area contributed by atoms with E-state index in [2.05, 4.69) is 5.10 Å². The number of carbonyl (C=O) groups is 1. The normalized spacial score (nSPS) is 13.0. The molecule has 0 unspecified atom stereocenters. The highest BCUT2D eigenvalue weighted by Gasteiger charge is 2.26. The van der Waals surface area contributed by atoms with Crippen LogP contribution < -0.4 is 10.5 Å². The lowest BCUT2D eigenvalue weighted by Crippen LogP contribution is -2.16. The number of hydrogen-bond donors (Lipinski definition) is 1. The van der Waals surface area contributed by atoms with E-state index in [4.69, 9.17) is 10.5 Å². The van der Waals surface area contributed by atoms with E-state index in [1.165, 1.54) is 22.5 Å². The molecule has 2 aromatic heterocycles. The summed E-state index contributed by atoms with van der Waals surface area (Å²) in [6, 6.07) is 0. The van der Waals surface area contributed by atoms with Crippen molar-refractivity contribution in [1.82, 2.24) is 9.78 Å². The molecule has 5 nitrogen and oxygen atoms in total. The summed E-state index contributed by atoms with van der Waals surface area (Å²) in [5.41, 5.74) is 9.46. The second-order valence-corrected chi connectivity index (χ2v) is 4.83. The Labute approximate surface area is 102 Å². The van der Waals surface area contributed by atoms with Gasteiger partial charge in [0.1, 0.15) is 0 Å². The Bertz CT molecular complexity index is 600. The van der Waals surface area contributed by atoms with E-state index >= 15 is 0 Å². The summed E-state index contributed by atoms with van der Waals surface area (Å²) >= 11 is 1.41. The fourth-order valence-electron chi connectivity index (χ4n) is 2.23. The molecule has 2 heterocycles. The predicted molar refractivity (Wildman–Crippen MR) is 64.1 cm³/mol. The van der Waals surface area contributed by atoms with Crippen molar-refractivity contribution in [2.24, 2.45) is 12.8 Å². The van der Waals surface area contributed by atoms with Gasteiger partial charge in [0.25, 0.3) is 0 Å². The predicted octanol–water partition coefficient (Wildman–Crippen LogP) is 1.70. The summed E-state index contributed by atoms with van der Waals surface area (Å²) in [6.45, 7) is 0. The van der Waals surface area contributed by atoms with Gasteiger partial charge in [0, 0.05) is 7.05 Å². The Kier molecular flexibility index (Phi) is 2.19. The standard InChI is InChI=1S/C11H11N3O2S/c1-14-9-6(4-13-14)2-3-7-5-17-10(8(7)9)16-11(12)15/h4-5H,2-3H2,1H3,(H2,12,15). The first-order valence-electron chi connectivity index (χ1n) is 5.25. The van der Waals surface area contributed by atoms with Gasteiger partial charge in [-0.15, -0.1) is 11.3 Å². The van der Waals surface area contributed by atoms with Gasteiger partial charge in [-0.3, -0.25) is 4.68 Å². The van der Waals surface area contributed by atoms with E-state index in [-0.39, 0.29) is 0 Å². The monoisotopic (exact) mass is 249 g/mol. The van der Waals surface area contributed by atoms with Gasteiger partial charge in [0.05, 0.1) is 17.5 Å². The van der Waals surface area contributed by atoms with Crippen LogP contribution in [0.1, 0.15) is 11.1 Å². The molecule has 0 radical (unpaired) electrons. The number of rotatable bonds is 1. The molecule has 0 atom stereocenters. The zero-order chi connectivity index (χ0) is 12.0. The number of nitrogens with zero attached hydrogens (tertiary/aromatic N) is 2. The van der Waals surface area contributed by atoms with Gasteiger partial charge in [0.2, 0.25) is 0 Å². The molecule has 0 spiro atoms. The fraction of sp³-hybridized carbons (Fsp3) is 0.273. The fourth-order valence-corrected chi connectivity index (χ4v) is 3.19. The number of fused-ring (bicyclic) bond motifs is 3. The van der Waals surface area contributed by atoms with Gasteiger partial charge in [0.15, 0.2) is 5.06 Å². The third kappa shape index (κ3) is 1.52. The molecule has 1 aliphatic carbocycles. The summed E-state index contributed by atoms with van der Waals surface area (Å²) in [7, 11) is 1.89. The van der Waals surface area contributed by atoms with Crippen LogP contribution in [0.5, 0.6) is 5.06 Å². The molecule has 1 aliphatic rings. The van der Waals surface area contributed by atoms with Crippen LogP contribution >= 0.6 is 11.3 Å². The van der Waals surface area contributed by atoms with Crippen LogP contribution in [0.3, 0.4) is 0 Å². The molecule has 0 saturated heterocycles. The maximum Gasteiger partial charge on any atom is 0.410 e. The van der Waals surface area contributed by atoms with E-state index in [0.29, 0.717) is 5.06 Å². The van der Waals surface area contributed by atoms with Crippen LogP contribution in [0.2, 0.25) is 0 Å². The molecule has 0 fully saturated rings. The minimum atomic E-state index is -0.774. The highest BCUT2D eigenvalue weighted by molar-refractivity contribution is 7.12. The maximum atomic E-state index is 10.9. The number of aromatic nitrogens is 2. The number of nitrogens with two attached hydrogens (primary N) is 1. The molecule has 88 valence electrons. The summed E-state index contributed by atoms with van der Waals surface area (Å²) < 4.78 is 6.86. The van der Waals surface area contributed by atoms with Crippen LogP contribution in [-0.2, 0) is 19.9 Å². The van der Waals surface area contributed by atoms with Crippen molar-refractivity contribution in [2.45, 2.75) is 12.8 Å². The second-order valence-electron chi connectivity index (χ2n) is 3.99. The first-order chi connectivity index (χ1) is 8.16. The number of carbonyl (C=O) groups excluding carboxylic acids is 1. The Hall–Kier alpha value is -1.82. The van der Waals surface area contributed by atoms with E-state index in [0.717, 1.165) is 24.1 Å². The number of aryl methyl sites for hydroxylation is 3. The Morgan fingerprint density at radius 2 is 2.29 bits per heavy atom. The third-order valence-electron chi connectivity index (χ3n) is 2.94. The molecule has 0 aliphatic heterocycles. The Balaban J connectivity index is 2.18. The van der Waals surface area contributed by atoms with Gasteiger partial charge < -0.3 is 10.5 Å². The summed E-state index contributed by atoms with van der Waals surface area (Å²) in [5, 5.41) is 6.83. The van der Waals surface area contributed by atoms with Gasteiger partial charge in [-0.25, -0.2) is 4.79 Å². The molecule has 0 saturated carbocycles. The lowest BCUT2D eigenvalue weighted by Gasteiger charge is -2.14. The minimum Gasteiger partial charge on any atom is -0.399 e. The number of ether oxygens (including phenoxy) is 1. The van der Waals surface area contributed by atoms with Crippen molar-refractivity contribution in [3.8, 4) is 16.3 Å². The van der Waals surface area contributed by atoms with Gasteiger partial charge in [-0.1, -0.05) is 0 Å². The first-order valence-corrected chi connectivity index (χ1v) is 6.13. The quantitative estimate of drug-likeness (QED) is 0.836. The van der Waals surface area contributed by atoms with Crippen molar-refractivity contribution < 1.29 is 9.53 Å². The van der Waals surface area contributed by atoms with Gasteiger partial charge in [-0.2, -0.15) is 5.10 Å². The van der Waals surface area contributed by atoms with Crippen LogP contribution in [-0.4, -0.2) is 15.9 Å². The van der Waals surface area contributed by atoms with E-state index < -0.39 is 6.09 Å². The zero-order valence-corrected chi connectivity index (χ0v) is 10.1. The third-order valence-corrected chi connectivity index (χ3v) is 3.85. The maximum absolute atomic E-state index is 10.9.